The smallest absolute Gasteiger partial charge is 0.306 e. The van der Waals surface area contributed by atoms with Gasteiger partial charge in [-0.1, -0.05) is 26.3 Å². The van der Waals surface area contributed by atoms with Crippen LogP contribution in [0.3, 0.4) is 0 Å². The Bertz CT molecular complexity index is 282. The minimum atomic E-state index is -0.245. The molecule has 3 atom stereocenters. The Morgan fingerprint density at radius 1 is 1.62 bits per heavy atom. The average Bonchev–Trinajstić information content (AvgIpc) is 2.50. The van der Waals surface area contributed by atoms with E-state index in [-0.39, 0.29) is 11.6 Å². The number of carbonyl (C=O) groups is 1. The maximum absolute atomic E-state index is 11.5. The number of carbonyl (C=O) groups excluding carboxylic acids is 1. The van der Waals surface area contributed by atoms with Gasteiger partial charge in [-0.3, -0.25) is 4.79 Å². The van der Waals surface area contributed by atoms with Gasteiger partial charge in [0.25, 0.3) is 0 Å². The summed E-state index contributed by atoms with van der Waals surface area (Å²) < 4.78 is 5.68. The molecule has 1 saturated heterocycles. The van der Waals surface area contributed by atoms with Crippen LogP contribution in [0.5, 0.6) is 0 Å². The summed E-state index contributed by atoms with van der Waals surface area (Å²) in [7, 11) is 0. The van der Waals surface area contributed by atoms with Gasteiger partial charge in [0.2, 0.25) is 0 Å². The lowest BCUT2D eigenvalue weighted by atomic mass is 9.72. The van der Waals surface area contributed by atoms with Crippen molar-refractivity contribution in [2.45, 2.75) is 59.0 Å². The maximum Gasteiger partial charge on any atom is 0.306 e. The molecule has 1 fully saturated rings. The topological polar surface area (TPSA) is 26.3 Å². The fourth-order valence-electron chi connectivity index (χ4n) is 3.06. The molecular formula is C14H24O2. The third-order valence-electron chi connectivity index (χ3n) is 3.94. The van der Waals surface area contributed by atoms with Crippen molar-refractivity contribution < 1.29 is 9.53 Å². The normalized spacial score (nSPS) is 31.2. The zero-order valence-corrected chi connectivity index (χ0v) is 11.0. The van der Waals surface area contributed by atoms with Gasteiger partial charge >= 0.3 is 5.97 Å². The predicted octanol–water partition coefficient (Wildman–Crippen LogP) is 3.71. The van der Waals surface area contributed by atoms with Gasteiger partial charge in [0.05, 0.1) is 6.42 Å². The van der Waals surface area contributed by atoms with Crippen molar-refractivity contribution in [2.75, 3.05) is 0 Å². The summed E-state index contributed by atoms with van der Waals surface area (Å²) in [6.45, 7) is 12.5. The lowest BCUT2D eigenvalue weighted by Crippen LogP contribution is -2.42. The Kier molecular flexibility index (Phi) is 4.17. The van der Waals surface area contributed by atoms with Gasteiger partial charge in [0.1, 0.15) is 5.60 Å². The number of esters is 1. The van der Waals surface area contributed by atoms with Gasteiger partial charge < -0.3 is 4.74 Å². The van der Waals surface area contributed by atoms with Gasteiger partial charge in [-0.05, 0) is 26.2 Å². The number of hydrogen-bond donors (Lipinski definition) is 0. The van der Waals surface area contributed by atoms with Crippen molar-refractivity contribution in [2.24, 2.45) is 11.8 Å². The van der Waals surface area contributed by atoms with E-state index in [1.807, 2.05) is 6.92 Å². The molecule has 0 aromatic rings. The van der Waals surface area contributed by atoms with Crippen LogP contribution in [0.1, 0.15) is 53.4 Å². The second kappa shape index (κ2) is 5.03. The van der Waals surface area contributed by atoms with Gasteiger partial charge in [-0.25, -0.2) is 0 Å². The van der Waals surface area contributed by atoms with E-state index in [4.69, 9.17) is 4.74 Å². The van der Waals surface area contributed by atoms with Crippen molar-refractivity contribution in [3.05, 3.63) is 12.2 Å². The molecular weight excluding hydrogens is 200 g/mol. The van der Waals surface area contributed by atoms with E-state index in [9.17, 15) is 4.79 Å². The van der Waals surface area contributed by atoms with E-state index in [0.29, 0.717) is 18.3 Å². The molecule has 1 aliphatic rings. The molecule has 0 aromatic heterocycles. The van der Waals surface area contributed by atoms with Crippen molar-refractivity contribution in [1.29, 1.82) is 0 Å². The molecule has 92 valence electrons. The van der Waals surface area contributed by atoms with Crippen LogP contribution >= 0.6 is 0 Å². The number of rotatable bonds is 5. The molecule has 0 saturated carbocycles. The largest absolute Gasteiger partial charge is 0.458 e. The van der Waals surface area contributed by atoms with Crippen LogP contribution in [0.4, 0.5) is 0 Å². The second-order valence-electron chi connectivity index (χ2n) is 5.15. The van der Waals surface area contributed by atoms with Crippen LogP contribution < -0.4 is 0 Å². The van der Waals surface area contributed by atoms with Crippen LogP contribution in [0.15, 0.2) is 12.2 Å². The number of ether oxygens (including phenoxy) is 1. The van der Waals surface area contributed by atoms with E-state index in [1.165, 1.54) is 5.57 Å². The summed E-state index contributed by atoms with van der Waals surface area (Å²) in [5.41, 5.74) is 0.931. The van der Waals surface area contributed by atoms with Crippen molar-refractivity contribution in [3.8, 4) is 0 Å². The molecule has 2 nitrogen and oxygen atoms in total. The molecule has 16 heavy (non-hydrogen) atoms. The Morgan fingerprint density at radius 2 is 2.25 bits per heavy atom. The fraction of sp³-hybridized carbons (Fsp3) is 0.786. The second-order valence-corrected chi connectivity index (χ2v) is 5.15. The quantitative estimate of drug-likeness (QED) is 0.525. The minimum Gasteiger partial charge on any atom is -0.458 e. The first kappa shape index (κ1) is 13.3. The molecule has 0 spiro atoms. The van der Waals surface area contributed by atoms with E-state index in [2.05, 4.69) is 27.4 Å². The third kappa shape index (κ3) is 2.31. The molecule has 1 heterocycles. The van der Waals surface area contributed by atoms with Crippen molar-refractivity contribution in [1.82, 2.24) is 0 Å². The highest BCUT2D eigenvalue weighted by Gasteiger charge is 2.49. The highest BCUT2D eigenvalue weighted by atomic mass is 16.6. The molecule has 2 heteroatoms. The van der Waals surface area contributed by atoms with E-state index >= 15 is 0 Å². The number of allylic oxidation sites excluding steroid dienone is 1. The average molecular weight is 224 g/mol. The third-order valence-corrected chi connectivity index (χ3v) is 3.94. The van der Waals surface area contributed by atoms with Crippen LogP contribution in [0.25, 0.3) is 0 Å². The molecule has 3 unspecified atom stereocenters. The van der Waals surface area contributed by atoms with E-state index in [1.54, 1.807) is 0 Å². The maximum atomic E-state index is 11.5. The van der Waals surface area contributed by atoms with Gasteiger partial charge in [-0.15, -0.1) is 6.58 Å². The fourth-order valence-corrected chi connectivity index (χ4v) is 3.06. The zero-order chi connectivity index (χ0) is 12.3. The van der Waals surface area contributed by atoms with Crippen LogP contribution in [0, 0.1) is 11.8 Å². The summed E-state index contributed by atoms with van der Waals surface area (Å²) in [5, 5.41) is 0. The molecule has 0 aromatic carbocycles. The first-order valence-corrected chi connectivity index (χ1v) is 6.32. The Morgan fingerprint density at radius 3 is 2.56 bits per heavy atom. The Hall–Kier alpha value is -0.790. The minimum absolute atomic E-state index is 0.0329. The summed E-state index contributed by atoms with van der Waals surface area (Å²) in [6, 6.07) is 0. The molecule has 0 amide bonds. The molecule has 1 aliphatic heterocycles. The van der Waals surface area contributed by atoms with E-state index < -0.39 is 0 Å². The summed E-state index contributed by atoms with van der Waals surface area (Å²) in [4.78, 5) is 11.5. The molecule has 0 radical (unpaired) electrons. The molecule has 1 rings (SSSR count). The van der Waals surface area contributed by atoms with Crippen molar-refractivity contribution >= 4 is 5.97 Å². The predicted molar refractivity (Wildman–Crippen MR) is 66.1 cm³/mol. The highest BCUT2D eigenvalue weighted by Crippen LogP contribution is 2.44. The monoisotopic (exact) mass is 224 g/mol. The Labute approximate surface area is 99.1 Å². The molecule has 0 aliphatic carbocycles. The zero-order valence-electron chi connectivity index (χ0n) is 11.0. The Balaban J connectivity index is 2.92. The number of hydrogen-bond acceptors (Lipinski definition) is 2. The first-order chi connectivity index (χ1) is 7.46. The van der Waals surface area contributed by atoms with Crippen molar-refractivity contribution in [3.63, 3.8) is 0 Å². The summed E-state index contributed by atoms with van der Waals surface area (Å²) in [6.07, 6.45) is 3.48. The lowest BCUT2D eigenvalue weighted by Gasteiger charge is -2.38. The van der Waals surface area contributed by atoms with Crippen LogP contribution in [-0.2, 0) is 9.53 Å². The van der Waals surface area contributed by atoms with Gasteiger partial charge in [-0.2, -0.15) is 0 Å². The van der Waals surface area contributed by atoms with Crippen LogP contribution in [-0.4, -0.2) is 11.6 Å². The first-order valence-electron chi connectivity index (χ1n) is 6.32. The van der Waals surface area contributed by atoms with Crippen LogP contribution in [0.2, 0.25) is 0 Å². The highest BCUT2D eigenvalue weighted by molar-refractivity contribution is 5.73. The summed E-state index contributed by atoms with van der Waals surface area (Å²) in [5.74, 6) is 0.709. The molecule has 0 N–H and O–H groups in total. The number of cyclic esters (lactones) is 1. The summed E-state index contributed by atoms with van der Waals surface area (Å²) >= 11 is 0. The van der Waals surface area contributed by atoms with Gasteiger partial charge in [0, 0.05) is 11.8 Å². The van der Waals surface area contributed by atoms with E-state index in [0.717, 1.165) is 19.3 Å². The van der Waals surface area contributed by atoms with Gasteiger partial charge in [0.15, 0.2) is 0 Å². The standard InChI is InChI=1S/C14H24O2/c1-6-12(8-10(3)4)14(7-2)11(5)9-13(15)16-14/h11-12H,3,6-9H2,1-2,4-5H3. The molecule has 0 bridgehead atoms. The lowest BCUT2D eigenvalue weighted by molar-refractivity contribution is -0.155. The SMILES string of the molecule is C=C(C)CC(CC)C1(CC)OC(=O)CC1C.